The summed E-state index contributed by atoms with van der Waals surface area (Å²) in [5.74, 6) is 0.541. The quantitative estimate of drug-likeness (QED) is 0.621. The maximum absolute atomic E-state index is 12.7. The maximum Gasteiger partial charge on any atom is 0.276 e. The molecular weight excluding hydrogens is 324 g/mol. The Morgan fingerprint density at radius 2 is 2.12 bits per heavy atom. The van der Waals surface area contributed by atoms with Crippen molar-refractivity contribution in [3.8, 4) is 5.75 Å². The Kier molecular flexibility index (Phi) is 3.42. The van der Waals surface area contributed by atoms with Crippen LogP contribution >= 0.6 is 11.3 Å². The number of imidazole rings is 1. The van der Waals surface area contributed by atoms with Gasteiger partial charge in [-0.25, -0.2) is 9.97 Å². The van der Waals surface area contributed by atoms with Crippen molar-refractivity contribution in [3.63, 3.8) is 0 Å². The lowest BCUT2D eigenvalue weighted by Gasteiger charge is -2.02. The smallest absolute Gasteiger partial charge is 0.276 e. The lowest BCUT2D eigenvalue weighted by Crippen LogP contribution is -2.15. The predicted octanol–water partition coefficient (Wildman–Crippen LogP) is 3.51. The zero-order valence-electron chi connectivity index (χ0n) is 13.1. The summed E-state index contributed by atoms with van der Waals surface area (Å²) in [6.45, 7) is 1.82. The highest BCUT2D eigenvalue weighted by molar-refractivity contribution is 7.22. The fourth-order valence-corrected chi connectivity index (χ4v) is 3.52. The number of hydrogen-bond donors (Lipinski definition) is 1. The molecule has 6 nitrogen and oxygen atoms in total. The van der Waals surface area contributed by atoms with Gasteiger partial charge in [0.15, 0.2) is 5.13 Å². The first kappa shape index (κ1) is 14.6. The van der Waals surface area contributed by atoms with E-state index >= 15 is 0 Å². The first-order valence-electron chi connectivity index (χ1n) is 7.35. The third-order valence-electron chi connectivity index (χ3n) is 3.74. The Morgan fingerprint density at radius 1 is 1.25 bits per heavy atom. The monoisotopic (exact) mass is 338 g/mol. The molecule has 0 aliphatic rings. The average molecular weight is 338 g/mol. The number of benzene rings is 1. The lowest BCUT2D eigenvalue weighted by atomic mass is 10.3. The Labute approximate surface area is 141 Å². The van der Waals surface area contributed by atoms with Crippen molar-refractivity contribution in [2.45, 2.75) is 6.92 Å². The van der Waals surface area contributed by atoms with E-state index in [1.54, 1.807) is 11.5 Å². The molecule has 0 atom stereocenters. The number of hydrogen-bond acceptors (Lipinski definition) is 5. The SMILES string of the molecule is COc1ccc2nc(NC(=O)c3c(C)nc4ccccn34)sc2c1. The molecule has 1 amide bonds. The molecule has 0 spiro atoms. The molecule has 0 unspecified atom stereocenters. The van der Waals surface area contributed by atoms with E-state index in [0.29, 0.717) is 16.5 Å². The summed E-state index contributed by atoms with van der Waals surface area (Å²) >= 11 is 1.41. The number of amides is 1. The molecule has 120 valence electrons. The van der Waals surface area contributed by atoms with E-state index in [2.05, 4.69) is 15.3 Å². The van der Waals surface area contributed by atoms with E-state index < -0.39 is 0 Å². The van der Waals surface area contributed by atoms with Crippen LogP contribution in [0.25, 0.3) is 15.9 Å². The van der Waals surface area contributed by atoms with Gasteiger partial charge >= 0.3 is 0 Å². The molecule has 0 saturated heterocycles. The van der Waals surface area contributed by atoms with Crippen LogP contribution in [-0.4, -0.2) is 27.4 Å². The molecule has 4 rings (SSSR count). The number of rotatable bonds is 3. The van der Waals surface area contributed by atoms with Crippen LogP contribution in [0.3, 0.4) is 0 Å². The number of carbonyl (C=O) groups excluding carboxylic acids is 1. The van der Waals surface area contributed by atoms with Gasteiger partial charge in [-0.05, 0) is 37.3 Å². The topological polar surface area (TPSA) is 68.5 Å². The van der Waals surface area contributed by atoms with Crippen molar-refractivity contribution in [2.24, 2.45) is 0 Å². The number of aryl methyl sites for hydroxylation is 1. The first-order chi connectivity index (χ1) is 11.7. The number of carbonyl (C=O) groups is 1. The first-order valence-corrected chi connectivity index (χ1v) is 8.17. The summed E-state index contributed by atoms with van der Waals surface area (Å²) in [6, 6.07) is 11.3. The Bertz CT molecular complexity index is 1070. The lowest BCUT2D eigenvalue weighted by molar-refractivity contribution is 0.102. The molecule has 0 aliphatic carbocycles. The summed E-state index contributed by atoms with van der Waals surface area (Å²) in [4.78, 5) is 21.5. The second-order valence-corrected chi connectivity index (χ2v) is 6.31. The number of methoxy groups -OCH3 is 1. The summed E-state index contributed by atoms with van der Waals surface area (Å²) < 4.78 is 7.95. The fourth-order valence-electron chi connectivity index (χ4n) is 2.63. The van der Waals surface area contributed by atoms with Gasteiger partial charge in [-0.1, -0.05) is 17.4 Å². The summed E-state index contributed by atoms with van der Waals surface area (Å²) in [5.41, 5.74) is 2.77. The minimum Gasteiger partial charge on any atom is -0.497 e. The Hall–Kier alpha value is -2.93. The molecule has 7 heteroatoms. The molecule has 3 aromatic heterocycles. The Morgan fingerprint density at radius 3 is 2.96 bits per heavy atom. The number of aromatic nitrogens is 3. The fraction of sp³-hybridized carbons (Fsp3) is 0.118. The molecular formula is C17H14N4O2S. The van der Waals surface area contributed by atoms with E-state index in [-0.39, 0.29) is 5.91 Å². The molecule has 1 aromatic carbocycles. The second-order valence-electron chi connectivity index (χ2n) is 5.28. The van der Waals surface area contributed by atoms with Crippen LogP contribution in [0.2, 0.25) is 0 Å². The minimum absolute atomic E-state index is 0.225. The molecule has 0 radical (unpaired) electrons. The van der Waals surface area contributed by atoms with Crippen LogP contribution in [0.15, 0.2) is 42.6 Å². The van der Waals surface area contributed by atoms with Crippen LogP contribution < -0.4 is 10.1 Å². The molecule has 0 bridgehead atoms. The van der Waals surface area contributed by atoms with Crippen LogP contribution in [-0.2, 0) is 0 Å². The number of fused-ring (bicyclic) bond motifs is 2. The normalized spacial score (nSPS) is 11.1. The van der Waals surface area contributed by atoms with Crippen molar-refractivity contribution in [3.05, 3.63) is 54.0 Å². The summed E-state index contributed by atoms with van der Waals surface area (Å²) in [5, 5.41) is 3.42. The van der Waals surface area contributed by atoms with Gasteiger partial charge in [0, 0.05) is 6.20 Å². The third kappa shape index (κ3) is 2.39. The van der Waals surface area contributed by atoms with Crippen molar-refractivity contribution < 1.29 is 9.53 Å². The van der Waals surface area contributed by atoms with Gasteiger partial charge in [0.25, 0.3) is 5.91 Å². The van der Waals surface area contributed by atoms with Crippen LogP contribution in [0.1, 0.15) is 16.2 Å². The van der Waals surface area contributed by atoms with Crippen LogP contribution in [0.5, 0.6) is 5.75 Å². The largest absolute Gasteiger partial charge is 0.497 e. The van der Waals surface area contributed by atoms with Gasteiger partial charge in [0.05, 0.1) is 23.0 Å². The summed E-state index contributed by atoms with van der Waals surface area (Å²) in [6.07, 6.45) is 1.83. The number of nitrogens with zero attached hydrogens (tertiary/aromatic N) is 3. The predicted molar refractivity (Wildman–Crippen MR) is 94.1 cm³/mol. The van der Waals surface area contributed by atoms with Gasteiger partial charge in [0.1, 0.15) is 17.1 Å². The molecule has 0 aliphatic heterocycles. The molecule has 24 heavy (non-hydrogen) atoms. The van der Waals surface area contributed by atoms with Gasteiger partial charge in [-0.2, -0.15) is 0 Å². The number of thiazole rings is 1. The van der Waals surface area contributed by atoms with E-state index in [4.69, 9.17) is 4.74 Å². The molecule has 4 aromatic rings. The Balaban J connectivity index is 1.69. The van der Waals surface area contributed by atoms with Gasteiger partial charge < -0.3 is 4.74 Å². The molecule has 1 N–H and O–H groups in total. The van der Waals surface area contributed by atoms with Gasteiger partial charge in [0.2, 0.25) is 0 Å². The second kappa shape index (κ2) is 5.61. The van der Waals surface area contributed by atoms with Crippen LogP contribution in [0.4, 0.5) is 5.13 Å². The van der Waals surface area contributed by atoms with Crippen molar-refractivity contribution in [1.82, 2.24) is 14.4 Å². The average Bonchev–Trinajstić information content (AvgIpc) is 3.12. The molecule has 0 fully saturated rings. The highest BCUT2D eigenvalue weighted by Crippen LogP contribution is 2.29. The molecule has 0 saturated carbocycles. The van der Waals surface area contributed by atoms with E-state index in [1.807, 2.05) is 49.5 Å². The number of ether oxygens (including phenoxy) is 1. The highest BCUT2D eigenvalue weighted by Gasteiger charge is 2.18. The zero-order chi connectivity index (χ0) is 16.7. The van der Waals surface area contributed by atoms with Gasteiger partial charge in [-0.15, -0.1) is 0 Å². The highest BCUT2D eigenvalue weighted by atomic mass is 32.1. The summed E-state index contributed by atoms with van der Waals surface area (Å²) in [7, 11) is 1.62. The standard InChI is InChI=1S/C17H14N4O2S/c1-10-15(21-8-4-3-5-14(21)18-10)16(22)20-17-19-12-7-6-11(23-2)9-13(12)24-17/h3-9H,1-2H3,(H,19,20,22). The van der Waals surface area contributed by atoms with Crippen molar-refractivity contribution in [2.75, 3.05) is 12.4 Å². The van der Waals surface area contributed by atoms with Crippen LogP contribution in [0, 0.1) is 6.92 Å². The number of nitrogens with one attached hydrogen (secondary N) is 1. The van der Waals surface area contributed by atoms with E-state index in [0.717, 1.165) is 21.6 Å². The van der Waals surface area contributed by atoms with E-state index in [1.165, 1.54) is 11.3 Å². The molecule has 3 heterocycles. The zero-order valence-corrected chi connectivity index (χ0v) is 13.9. The van der Waals surface area contributed by atoms with Crippen molar-refractivity contribution in [1.29, 1.82) is 0 Å². The maximum atomic E-state index is 12.7. The number of anilines is 1. The minimum atomic E-state index is -0.225. The van der Waals surface area contributed by atoms with Gasteiger partial charge in [-0.3, -0.25) is 14.5 Å². The number of pyridine rings is 1. The third-order valence-corrected chi connectivity index (χ3v) is 4.67. The van der Waals surface area contributed by atoms with E-state index in [9.17, 15) is 4.79 Å². The van der Waals surface area contributed by atoms with Crippen molar-refractivity contribution >= 4 is 38.2 Å².